The van der Waals surface area contributed by atoms with E-state index in [-0.39, 0.29) is 6.54 Å². The molecule has 2 rings (SSSR count). The van der Waals surface area contributed by atoms with Gasteiger partial charge in [0.25, 0.3) is 5.71 Å². The molecule has 0 spiro atoms. The Morgan fingerprint density at radius 2 is 2.06 bits per heavy atom. The lowest BCUT2D eigenvalue weighted by atomic mass is 10.4. The molecule has 90 valence electrons. The molecule has 2 aromatic rings. The molecule has 0 amide bonds. The fourth-order valence-corrected chi connectivity index (χ4v) is 1.56. The Kier molecular flexibility index (Phi) is 2.66. The monoisotopic (exact) mass is 236 g/mol. The highest BCUT2D eigenvalue weighted by Crippen LogP contribution is 2.22. The summed E-state index contributed by atoms with van der Waals surface area (Å²) in [6.07, 6.45) is 0. The van der Waals surface area contributed by atoms with Crippen molar-refractivity contribution in [1.82, 2.24) is 15.0 Å². The largest absolute Gasteiger partial charge is 0.480 e. The summed E-state index contributed by atoms with van der Waals surface area (Å²) in [6, 6.07) is 0. The lowest BCUT2D eigenvalue weighted by Crippen LogP contribution is -2.26. The Morgan fingerprint density at radius 3 is 2.71 bits per heavy atom. The number of carboxylic acid groups (broad SMARTS) is 1. The summed E-state index contributed by atoms with van der Waals surface area (Å²) in [4.78, 5) is 24.6. The number of aryl methyl sites for hydroxylation is 2. The first-order chi connectivity index (χ1) is 7.97. The molecule has 0 saturated carbocycles. The zero-order valence-electron chi connectivity index (χ0n) is 9.76. The van der Waals surface area contributed by atoms with Gasteiger partial charge in [-0.05, 0) is 6.92 Å². The molecule has 0 atom stereocenters. The van der Waals surface area contributed by atoms with Crippen LogP contribution < -0.4 is 4.90 Å². The van der Waals surface area contributed by atoms with E-state index in [0.717, 1.165) is 0 Å². The van der Waals surface area contributed by atoms with Crippen LogP contribution in [-0.4, -0.2) is 39.6 Å². The zero-order chi connectivity index (χ0) is 12.6. The van der Waals surface area contributed by atoms with Crippen molar-refractivity contribution in [1.29, 1.82) is 0 Å². The fraction of sp³-hybridized carbons (Fsp3) is 0.400. The first kappa shape index (κ1) is 11.3. The molecule has 1 N–H and O–H groups in total. The highest BCUT2D eigenvalue weighted by molar-refractivity contribution is 5.84. The number of fused-ring (bicyclic) bond motifs is 1. The summed E-state index contributed by atoms with van der Waals surface area (Å²) < 4.78 is 5.31. The molecular formula is C10H12N4O3. The molecule has 0 fully saturated rings. The second-order valence-corrected chi connectivity index (χ2v) is 3.73. The SMILES string of the molecule is Cc1nc(N(C)CC(=O)O)c2nc(C)oc2n1. The highest BCUT2D eigenvalue weighted by atomic mass is 16.4. The van der Waals surface area contributed by atoms with Crippen LogP contribution in [0.15, 0.2) is 4.42 Å². The zero-order valence-corrected chi connectivity index (χ0v) is 9.76. The number of likely N-dealkylation sites (N-methyl/N-ethyl adjacent to an activating group) is 1. The van der Waals surface area contributed by atoms with Gasteiger partial charge in [-0.25, -0.2) is 9.97 Å². The van der Waals surface area contributed by atoms with Crippen LogP contribution in [0.1, 0.15) is 11.7 Å². The van der Waals surface area contributed by atoms with Gasteiger partial charge in [-0.3, -0.25) is 4.79 Å². The van der Waals surface area contributed by atoms with E-state index in [1.54, 1.807) is 20.9 Å². The molecular weight excluding hydrogens is 224 g/mol. The van der Waals surface area contributed by atoms with Gasteiger partial charge < -0.3 is 14.4 Å². The molecule has 2 heterocycles. The molecule has 2 aromatic heterocycles. The second kappa shape index (κ2) is 4.00. The molecule has 7 heteroatoms. The third kappa shape index (κ3) is 2.17. The first-order valence-corrected chi connectivity index (χ1v) is 5.02. The van der Waals surface area contributed by atoms with E-state index in [1.807, 2.05) is 0 Å². The van der Waals surface area contributed by atoms with Crippen molar-refractivity contribution in [3.63, 3.8) is 0 Å². The number of aromatic nitrogens is 3. The topological polar surface area (TPSA) is 92.4 Å². The average Bonchev–Trinajstić information content (AvgIpc) is 2.55. The van der Waals surface area contributed by atoms with Gasteiger partial charge in [0, 0.05) is 14.0 Å². The van der Waals surface area contributed by atoms with Crippen LogP contribution in [0, 0.1) is 13.8 Å². The average molecular weight is 236 g/mol. The van der Waals surface area contributed by atoms with Crippen LogP contribution in [-0.2, 0) is 4.79 Å². The Morgan fingerprint density at radius 1 is 1.35 bits per heavy atom. The Balaban J connectivity index is 2.54. The number of carbonyl (C=O) groups is 1. The van der Waals surface area contributed by atoms with E-state index >= 15 is 0 Å². The van der Waals surface area contributed by atoms with Crippen LogP contribution >= 0.6 is 0 Å². The maximum Gasteiger partial charge on any atom is 0.323 e. The lowest BCUT2D eigenvalue weighted by molar-refractivity contribution is -0.135. The van der Waals surface area contributed by atoms with Crippen LogP contribution in [0.5, 0.6) is 0 Å². The van der Waals surface area contributed by atoms with E-state index in [4.69, 9.17) is 9.52 Å². The number of nitrogens with zero attached hydrogens (tertiary/aromatic N) is 4. The van der Waals surface area contributed by atoms with Crippen molar-refractivity contribution in [2.24, 2.45) is 0 Å². The van der Waals surface area contributed by atoms with Crippen LogP contribution in [0.3, 0.4) is 0 Å². The maximum atomic E-state index is 10.7. The van der Waals surface area contributed by atoms with E-state index < -0.39 is 5.97 Å². The van der Waals surface area contributed by atoms with Crippen molar-refractivity contribution in [2.45, 2.75) is 13.8 Å². The minimum Gasteiger partial charge on any atom is -0.480 e. The number of rotatable bonds is 3. The molecule has 0 unspecified atom stereocenters. The van der Waals surface area contributed by atoms with Crippen molar-refractivity contribution in [3.05, 3.63) is 11.7 Å². The standard InChI is InChI=1S/C10H12N4O3/c1-5-11-9(14(3)4-7(15)16)8-10(12-5)17-6(2)13-8/h4H2,1-3H3,(H,15,16). The summed E-state index contributed by atoms with van der Waals surface area (Å²) in [7, 11) is 1.64. The molecule has 0 bridgehead atoms. The molecule has 0 aliphatic rings. The summed E-state index contributed by atoms with van der Waals surface area (Å²) in [6.45, 7) is 3.27. The maximum absolute atomic E-state index is 10.7. The van der Waals surface area contributed by atoms with Gasteiger partial charge in [0.05, 0.1) is 0 Å². The number of hydrogen-bond donors (Lipinski definition) is 1. The van der Waals surface area contributed by atoms with Gasteiger partial charge in [-0.15, -0.1) is 0 Å². The lowest BCUT2D eigenvalue weighted by Gasteiger charge is -2.15. The van der Waals surface area contributed by atoms with Gasteiger partial charge in [-0.1, -0.05) is 0 Å². The number of carboxylic acids is 1. The second-order valence-electron chi connectivity index (χ2n) is 3.73. The number of oxazole rings is 1. The molecule has 17 heavy (non-hydrogen) atoms. The van der Waals surface area contributed by atoms with Gasteiger partial charge in [0.2, 0.25) is 0 Å². The summed E-state index contributed by atoms with van der Waals surface area (Å²) in [5.41, 5.74) is 0.860. The fourth-order valence-electron chi connectivity index (χ4n) is 1.56. The van der Waals surface area contributed by atoms with Crippen LogP contribution in [0.25, 0.3) is 11.2 Å². The van der Waals surface area contributed by atoms with Crippen LogP contribution in [0.2, 0.25) is 0 Å². The van der Waals surface area contributed by atoms with Gasteiger partial charge >= 0.3 is 5.97 Å². The van der Waals surface area contributed by atoms with E-state index in [0.29, 0.717) is 28.8 Å². The minimum atomic E-state index is -0.933. The molecule has 0 aromatic carbocycles. The molecule has 7 nitrogen and oxygen atoms in total. The third-order valence-corrected chi connectivity index (χ3v) is 2.19. The highest BCUT2D eigenvalue weighted by Gasteiger charge is 2.16. The molecule has 0 aliphatic heterocycles. The van der Waals surface area contributed by atoms with Crippen molar-refractivity contribution >= 4 is 23.0 Å². The van der Waals surface area contributed by atoms with Crippen molar-refractivity contribution in [3.8, 4) is 0 Å². The van der Waals surface area contributed by atoms with E-state index in [2.05, 4.69) is 15.0 Å². The quantitative estimate of drug-likeness (QED) is 0.840. The minimum absolute atomic E-state index is 0.155. The predicted molar refractivity (Wildman–Crippen MR) is 60.0 cm³/mol. The predicted octanol–water partition coefficient (Wildman–Crippen LogP) is 0.755. The van der Waals surface area contributed by atoms with Crippen molar-refractivity contribution < 1.29 is 14.3 Å². The Hall–Kier alpha value is -2.18. The third-order valence-electron chi connectivity index (χ3n) is 2.19. The van der Waals surface area contributed by atoms with E-state index in [9.17, 15) is 4.79 Å². The van der Waals surface area contributed by atoms with Crippen LogP contribution in [0.4, 0.5) is 5.82 Å². The summed E-state index contributed by atoms with van der Waals surface area (Å²) in [5.74, 6) is 0.523. The van der Waals surface area contributed by atoms with Gasteiger partial charge in [0.1, 0.15) is 12.4 Å². The number of anilines is 1. The summed E-state index contributed by atoms with van der Waals surface area (Å²) >= 11 is 0. The Labute approximate surface area is 97.1 Å². The normalized spacial score (nSPS) is 10.8. The molecule has 0 aliphatic carbocycles. The smallest absolute Gasteiger partial charge is 0.323 e. The Bertz CT molecular complexity index is 578. The number of aliphatic carboxylic acids is 1. The summed E-state index contributed by atoms with van der Waals surface area (Å²) in [5, 5.41) is 8.76. The first-order valence-electron chi connectivity index (χ1n) is 5.02. The van der Waals surface area contributed by atoms with Crippen molar-refractivity contribution in [2.75, 3.05) is 18.5 Å². The number of hydrogen-bond acceptors (Lipinski definition) is 6. The van der Waals surface area contributed by atoms with Gasteiger partial charge in [-0.2, -0.15) is 4.98 Å². The molecule has 0 radical (unpaired) electrons. The molecule has 0 saturated heterocycles. The van der Waals surface area contributed by atoms with Gasteiger partial charge in [0.15, 0.2) is 17.2 Å². The van der Waals surface area contributed by atoms with E-state index in [1.165, 1.54) is 4.90 Å².